The van der Waals surface area contributed by atoms with E-state index in [4.69, 9.17) is 16.9 Å². The maximum Gasteiger partial charge on any atom is 0.0997 e. The van der Waals surface area contributed by atoms with Gasteiger partial charge in [-0.3, -0.25) is 0 Å². The van der Waals surface area contributed by atoms with Crippen molar-refractivity contribution in [2.24, 2.45) is 0 Å². The van der Waals surface area contributed by atoms with Crippen LogP contribution in [0.2, 0.25) is 5.02 Å². The normalized spacial score (nSPS) is 9.83. The fourth-order valence-corrected chi connectivity index (χ4v) is 2.46. The van der Waals surface area contributed by atoms with E-state index in [1.807, 2.05) is 6.07 Å². The molecule has 18 heavy (non-hydrogen) atoms. The average Bonchev–Trinajstić information content (AvgIpc) is 2.36. The van der Waals surface area contributed by atoms with Crippen molar-refractivity contribution < 1.29 is 0 Å². The summed E-state index contributed by atoms with van der Waals surface area (Å²) in [6.07, 6.45) is 3.87. The minimum absolute atomic E-state index is 0.304. The first kappa shape index (κ1) is 14.6. The first-order valence-electron chi connectivity index (χ1n) is 6.29. The first-order chi connectivity index (χ1) is 8.69. The summed E-state index contributed by atoms with van der Waals surface area (Å²) in [5.74, 6) is 0. The van der Waals surface area contributed by atoms with Crippen molar-refractivity contribution in [1.82, 2.24) is 0 Å². The van der Waals surface area contributed by atoms with Crippen LogP contribution in [0.5, 0.6) is 0 Å². The zero-order valence-corrected chi connectivity index (χ0v) is 11.6. The Bertz CT molecular complexity index is 507. The van der Waals surface area contributed by atoms with Gasteiger partial charge in [-0.15, -0.1) is 0 Å². The second-order valence-electron chi connectivity index (χ2n) is 4.31. The Labute approximate surface area is 114 Å². The molecule has 0 heterocycles. The van der Waals surface area contributed by atoms with Gasteiger partial charge < -0.3 is 0 Å². The van der Waals surface area contributed by atoms with Crippen LogP contribution in [0.15, 0.2) is 6.07 Å². The molecule has 0 aliphatic rings. The maximum atomic E-state index is 9.32. The first-order valence-corrected chi connectivity index (χ1v) is 6.67. The summed E-state index contributed by atoms with van der Waals surface area (Å²) in [6, 6.07) is 6.33. The van der Waals surface area contributed by atoms with Gasteiger partial charge in [0, 0.05) is 5.02 Å². The van der Waals surface area contributed by atoms with E-state index >= 15 is 0 Å². The maximum absolute atomic E-state index is 9.32. The molecule has 1 aromatic rings. The fraction of sp³-hybridized carbons (Fsp3) is 0.467. The van der Waals surface area contributed by atoms with Crippen molar-refractivity contribution in [2.45, 2.75) is 46.0 Å². The summed E-state index contributed by atoms with van der Waals surface area (Å²) in [6.45, 7) is 4.15. The summed E-state index contributed by atoms with van der Waals surface area (Å²) in [5, 5.41) is 18.8. The minimum Gasteiger partial charge on any atom is -0.198 e. The molecule has 0 aromatic heterocycles. The molecule has 0 spiro atoms. The van der Waals surface area contributed by atoms with Crippen LogP contribution in [0.4, 0.5) is 0 Å². The lowest BCUT2D eigenvalue weighted by Gasteiger charge is -2.14. The van der Waals surface area contributed by atoms with Crippen LogP contribution in [0.1, 0.15) is 48.9 Å². The highest BCUT2D eigenvalue weighted by atomic mass is 35.5. The van der Waals surface area contributed by atoms with E-state index in [1.54, 1.807) is 0 Å². The molecule has 94 valence electrons. The Kier molecular flexibility index (Phi) is 5.69. The molecule has 0 aliphatic carbocycles. The van der Waals surface area contributed by atoms with Crippen LogP contribution >= 0.6 is 11.6 Å². The number of nitrogens with zero attached hydrogens (tertiary/aromatic N) is 2. The Morgan fingerprint density at radius 2 is 1.78 bits per heavy atom. The van der Waals surface area contributed by atoms with Crippen LogP contribution in [-0.2, 0) is 19.3 Å². The Morgan fingerprint density at radius 1 is 1.11 bits per heavy atom. The average molecular weight is 261 g/mol. The van der Waals surface area contributed by atoms with E-state index in [-0.39, 0.29) is 0 Å². The van der Waals surface area contributed by atoms with Gasteiger partial charge in [-0.2, -0.15) is 10.5 Å². The molecule has 0 amide bonds. The summed E-state index contributed by atoms with van der Waals surface area (Å²) < 4.78 is 0. The van der Waals surface area contributed by atoms with Gasteiger partial charge in [-0.05, 0) is 29.5 Å². The van der Waals surface area contributed by atoms with Crippen molar-refractivity contribution in [2.75, 3.05) is 0 Å². The van der Waals surface area contributed by atoms with E-state index in [0.717, 1.165) is 42.4 Å². The predicted octanol–water partition coefficient (Wildman–Crippen LogP) is 4.18. The highest BCUT2D eigenvalue weighted by molar-refractivity contribution is 6.32. The molecule has 2 nitrogen and oxygen atoms in total. The molecule has 0 bridgehead atoms. The molecule has 0 fully saturated rings. The monoisotopic (exact) mass is 260 g/mol. The Hall–Kier alpha value is -1.51. The zero-order chi connectivity index (χ0) is 13.5. The number of halogens is 1. The van der Waals surface area contributed by atoms with Gasteiger partial charge in [0.15, 0.2) is 0 Å². The predicted molar refractivity (Wildman–Crippen MR) is 73.5 cm³/mol. The summed E-state index contributed by atoms with van der Waals surface area (Å²) in [5.41, 5.74) is 3.51. The van der Waals surface area contributed by atoms with Crippen LogP contribution in [0.3, 0.4) is 0 Å². The number of hydrogen-bond acceptors (Lipinski definition) is 2. The van der Waals surface area contributed by atoms with Crippen LogP contribution in [-0.4, -0.2) is 0 Å². The molecule has 0 N–H and O–H groups in total. The fourth-order valence-electron chi connectivity index (χ4n) is 2.15. The number of benzene rings is 1. The minimum atomic E-state index is 0.304. The number of nitriles is 2. The third-order valence-electron chi connectivity index (χ3n) is 2.92. The molecule has 0 unspecified atom stereocenters. The second-order valence-corrected chi connectivity index (χ2v) is 4.69. The third-order valence-corrected chi connectivity index (χ3v) is 3.39. The summed E-state index contributed by atoms with van der Waals surface area (Å²) >= 11 is 6.32. The molecule has 0 radical (unpaired) electrons. The third kappa shape index (κ3) is 3.03. The van der Waals surface area contributed by atoms with Gasteiger partial charge >= 0.3 is 0 Å². The molecule has 0 atom stereocenters. The van der Waals surface area contributed by atoms with Gasteiger partial charge in [0.25, 0.3) is 0 Å². The number of rotatable bonds is 5. The van der Waals surface area contributed by atoms with Crippen LogP contribution < -0.4 is 0 Å². The van der Waals surface area contributed by atoms with Gasteiger partial charge in [0.05, 0.1) is 24.1 Å². The second kappa shape index (κ2) is 7.04. The van der Waals surface area contributed by atoms with Gasteiger partial charge in [0.2, 0.25) is 0 Å². The lowest BCUT2D eigenvalue weighted by molar-refractivity contribution is 0.884. The van der Waals surface area contributed by atoms with Crippen LogP contribution in [0, 0.1) is 22.7 Å². The smallest absolute Gasteiger partial charge is 0.0997 e. The Balaban J connectivity index is 3.44. The van der Waals surface area contributed by atoms with Gasteiger partial charge in [-0.1, -0.05) is 44.4 Å². The van der Waals surface area contributed by atoms with E-state index < -0.39 is 0 Å². The van der Waals surface area contributed by atoms with E-state index in [9.17, 15) is 5.26 Å². The molecular weight excluding hydrogens is 244 g/mol. The topological polar surface area (TPSA) is 47.6 Å². The highest BCUT2D eigenvalue weighted by Gasteiger charge is 2.15. The largest absolute Gasteiger partial charge is 0.198 e. The highest BCUT2D eigenvalue weighted by Crippen LogP contribution is 2.30. The number of hydrogen-bond donors (Lipinski definition) is 0. The van der Waals surface area contributed by atoms with Gasteiger partial charge in [-0.25, -0.2) is 0 Å². The Morgan fingerprint density at radius 3 is 2.28 bits per heavy atom. The molecule has 0 saturated carbocycles. The molecule has 0 aliphatic heterocycles. The molecule has 0 saturated heterocycles. The van der Waals surface area contributed by atoms with Crippen molar-refractivity contribution in [1.29, 1.82) is 10.5 Å². The lowest BCUT2D eigenvalue weighted by atomic mass is 9.92. The SMILES string of the molecule is CCCc1cc(CC#N)c(Cl)c(CCC)c1C#N. The summed E-state index contributed by atoms with van der Waals surface area (Å²) in [4.78, 5) is 0. The number of aryl methyl sites for hydroxylation is 1. The lowest BCUT2D eigenvalue weighted by Crippen LogP contribution is -2.02. The van der Waals surface area contributed by atoms with Crippen LogP contribution in [0.25, 0.3) is 0 Å². The molecular formula is C15H17ClN2. The summed E-state index contributed by atoms with van der Waals surface area (Å²) in [7, 11) is 0. The molecule has 3 heteroatoms. The van der Waals surface area contributed by atoms with Crippen molar-refractivity contribution in [3.05, 3.63) is 33.3 Å². The van der Waals surface area contributed by atoms with Crippen molar-refractivity contribution in [3.63, 3.8) is 0 Å². The van der Waals surface area contributed by atoms with Crippen molar-refractivity contribution >= 4 is 11.6 Å². The quantitative estimate of drug-likeness (QED) is 0.797. The zero-order valence-electron chi connectivity index (χ0n) is 10.9. The molecule has 1 rings (SSSR count). The standard InChI is InChI=1S/C15H17ClN2/c1-3-5-11-9-12(7-8-17)15(16)13(6-4-2)14(11)10-18/h9H,3-7H2,1-2H3. The van der Waals surface area contributed by atoms with E-state index in [2.05, 4.69) is 26.0 Å². The van der Waals surface area contributed by atoms with E-state index in [1.165, 1.54) is 0 Å². The molecule has 1 aromatic carbocycles. The van der Waals surface area contributed by atoms with Gasteiger partial charge in [0.1, 0.15) is 0 Å². The van der Waals surface area contributed by atoms with E-state index in [0.29, 0.717) is 17.0 Å². The van der Waals surface area contributed by atoms with Crippen molar-refractivity contribution in [3.8, 4) is 12.1 Å².